The van der Waals surface area contributed by atoms with Gasteiger partial charge in [0, 0.05) is 20.4 Å². The summed E-state index contributed by atoms with van der Waals surface area (Å²) in [5.41, 5.74) is 2.40. The quantitative estimate of drug-likeness (QED) is 0.826. The van der Waals surface area contributed by atoms with Gasteiger partial charge in [-0.15, -0.1) is 11.3 Å². The highest BCUT2D eigenvalue weighted by Crippen LogP contribution is 2.29. The van der Waals surface area contributed by atoms with E-state index in [-0.39, 0.29) is 12.5 Å². The van der Waals surface area contributed by atoms with Gasteiger partial charge in [-0.05, 0) is 40.2 Å². The van der Waals surface area contributed by atoms with Crippen LogP contribution in [-0.4, -0.2) is 18.2 Å². The van der Waals surface area contributed by atoms with Gasteiger partial charge in [-0.1, -0.05) is 11.6 Å². The summed E-state index contributed by atoms with van der Waals surface area (Å²) in [6.07, 6.45) is 0. The molecule has 2 heterocycles. The fraction of sp³-hybridized carbons (Fsp3) is 0.0769. The number of benzene rings is 1. The van der Waals surface area contributed by atoms with Crippen molar-refractivity contribution < 1.29 is 4.79 Å². The zero-order valence-electron chi connectivity index (χ0n) is 9.61. The number of hydrogen-bond acceptors (Lipinski definition) is 3. The summed E-state index contributed by atoms with van der Waals surface area (Å²) in [6, 6.07) is 7.38. The first-order chi connectivity index (χ1) is 9.13. The smallest absolute Gasteiger partial charge is 0.246 e. The fourth-order valence-corrected chi connectivity index (χ4v) is 3.52. The molecule has 6 heteroatoms. The van der Waals surface area contributed by atoms with Crippen LogP contribution in [0.4, 0.5) is 5.69 Å². The predicted octanol–water partition coefficient (Wildman–Crippen LogP) is 3.95. The Kier molecular flexibility index (Phi) is 3.43. The van der Waals surface area contributed by atoms with Gasteiger partial charge in [0.05, 0.1) is 16.3 Å². The lowest BCUT2D eigenvalue weighted by Gasteiger charge is -2.08. The van der Waals surface area contributed by atoms with Crippen molar-refractivity contribution in [1.82, 2.24) is 0 Å². The van der Waals surface area contributed by atoms with Crippen LogP contribution in [0.3, 0.4) is 0 Å². The van der Waals surface area contributed by atoms with Crippen LogP contribution < -0.4 is 5.32 Å². The number of rotatable bonds is 1. The molecule has 0 saturated heterocycles. The highest BCUT2D eigenvalue weighted by atomic mass is 79.9. The van der Waals surface area contributed by atoms with Gasteiger partial charge < -0.3 is 5.32 Å². The molecule has 0 fully saturated rings. The summed E-state index contributed by atoms with van der Waals surface area (Å²) < 4.78 is 1.00. The van der Waals surface area contributed by atoms with Crippen molar-refractivity contribution in [2.45, 2.75) is 0 Å². The van der Waals surface area contributed by atoms with Crippen molar-refractivity contribution in [2.75, 3.05) is 11.9 Å². The average molecular weight is 356 g/mol. The molecule has 0 bridgehead atoms. The van der Waals surface area contributed by atoms with E-state index in [4.69, 9.17) is 11.6 Å². The molecular weight excluding hydrogens is 348 g/mol. The minimum atomic E-state index is -0.116. The SMILES string of the molecule is O=C1CN=C(c2cc(Br)cs2)c2cc(Cl)ccc2N1. The average Bonchev–Trinajstić information content (AvgIpc) is 2.72. The third-order valence-electron chi connectivity index (χ3n) is 2.69. The molecular formula is C13H8BrClN2OS. The minimum Gasteiger partial charge on any atom is -0.324 e. The van der Waals surface area contributed by atoms with E-state index < -0.39 is 0 Å². The minimum absolute atomic E-state index is 0.116. The monoisotopic (exact) mass is 354 g/mol. The van der Waals surface area contributed by atoms with Crippen LogP contribution in [-0.2, 0) is 4.79 Å². The molecule has 1 aromatic carbocycles. The molecule has 19 heavy (non-hydrogen) atoms. The van der Waals surface area contributed by atoms with E-state index in [0.29, 0.717) is 5.02 Å². The van der Waals surface area contributed by atoms with Gasteiger partial charge >= 0.3 is 0 Å². The first-order valence-electron chi connectivity index (χ1n) is 5.52. The summed E-state index contributed by atoms with van der Waals surface area (Å²) in [5.74, 6) is -0.116. The van der Waals surface area contributed by atoms with Crippen molar-refractivity contribution in [3.63, 3.8) is 0 Å². The molecule has 1 aliphatic heterocycles. The Hall–Kier alpha value is -1.17. The van der Waals surface area contributed by atoms with Crippen molar-refractivity contribution in [3.05, 3.63) is 49.6 Å². The van der Waals surface area contributed by atoms with Crippen molar-refractivity contribution >= 4 is 56.2 Å². The van der Waals surface area contributed by atoms with E-state index in [1.807, 2.05) is 17.5 Å². The third-order valence-corrected chi connectivity index (χ3v) is 4.63. The lowest BCUT2D eigenvalue weighted by Crippen LogP contribution is -2.13. The van der Waals surface area contributed by atoms with Crippen molar-refractivity contribution in [3.8, 4) is 0 Å². The van der Waals surface area contributed by atoms with Crippen molar-refractivity contribution in [1.29, 1.82) is 0 Å². The van der Waals surface area contributed by atoms with E-state index in [2.05, 4.69) is 26.2 Å². The Labute approximate surface area is 127 Å². The van der Waals surface area contributed by atoms with Gasteiger partial charge in [-0.25, -0.2) is 0 Å². The van der Waals surface area contributed by atoms with E-state index in [0.717, 1.165) is 26.3 Å². The van der Waals surface area contributed by atoms with Gasteiger partial charge in [0.15, 0.2) is 0 Å². The maximum atomic E-state index is 11.7. The largest absolute Gasteiger partial charge is 0.324 e. The maximum absolute atomic E-state index is 11.7. The molecule has 2 aromatic rings. The number of carbonyl (C=O) groups excluding carboxylic acids is 1. The van der Waals surface area contributed by atoms with Crippen LogP contribution in [0.2, 0.25) is 5.02 Å². The topological polar surface area (TPSA) is 41.5 Å². The maximum Gasteiger partial charge on any atom is 0.246 e. The number of benzodiazepines with no additional fused rings is 1. The summed E-state index contributed by atoms with van der Waals surface area (Å²) in [4.78, 5) is 17.1. The summed E-state index contributed by atoms with van der Waals surface area (Å²) in [7, 11) is 0. The second-order valence-corrected chi connectivity index (χ2v) is 6.30. The highest BCUT2D eigenvalue weighted by molar-refractivity contribution is 9.10. The number of carbonyl (C=O) groups is 1. The summed E-state index contributed by atoms with van der Waals surface area (Å²) >= 11 is 11.1. The van der Waals surface area contributed by atoms with Gasteiger partial charge in [0.2, 0.25) is 5.91 Å². The molecule has 1 amide bonds. The fourth-order valence-electron chi connectivity index (χ4n) is 1.90. The van der Waals surface area contributed by atoms with Gasteiger partial charge in [-0.2, -0.15) is 0 Å². The molecule has 3 rings (SSSR count). The van der Waals surface area contributed by atoms with Gasteiger partial charge in [0.1, 0.15) is 6.54 Å². The Morgan fingerprint density at radius 2 is 2.21 bits per heavy atom. The second kappa shape index (κ2) is 5.07. The number of aliphatic imine (C=N–C) groups is 1. The number of amides is 1. The molecule has 0 unspecified atom stereocenters. The third kappa shape index (κ3) is 2.59. The number of thiophene rings is 1. The zero-order chi connectivity index (χ0) is 13.4. The lowest BCUT2D eigenvalue weighted by molar-refractivity contribution is -0.114. The van der Waals surface area contributed by atoms with Crippen LogP contribution in [0, 0.1) is 0 Å². The zero-order valence-corrected chi connectivity index (χ0v) is 12.8. The number of nitrogens with zero attached hydrogens (tertiary/aromatic N) is 1. The molecule has 0 atom stereocenters. The predicted molar refractivity (Wildman–Crippen MR) is 82.6 cm³/mol. The molecule has 0 radical (unpaired) electrons. The van der Waals surface area contributed by atoms with Crippen LogP contribution >= 0.6 is 38.9 Å². The van der Waals surface area contributed by atoms with Crippen molar-refractivity contribution in [2.24, 2.45) is 4.99 Å². The number of fused-ring (bicyclic) bond motifs is 1. The standard InChI is InChI=1S/C13H8BrClN2OS/c14-7-3-11(19-6-7)13-9-4-8(15)1-2-10(9)17-12(18)5-16-13/h1-4,6H,5H2,(H,17,18). The number of anilines is 1. The molecule has 1 aromatic heterocycles. The molecule has 3 nitrogen and oxygen atoms in total. The first-order valence-corrected chi connectivity index (χ1v) is 7.57. The Morgan fingerprint density at radius 1 is 1.37 bits per heavy atom. The molecule has 0 saturated carbocycles. The van der Waals surface area contributed by atoms with Crippen LogP contribution in [0.15, 0.2) is 39.1 Å². The molecule has 1 aliphatic rings. The summed E-state index contributed by atoms with van der Waals surface area (Å²) in [6.45, 7) is 0.122. The number of halogens is 2. The van der Waals surface area contributed by atoms with E-state index in [9.17, 15) is 4.79 Å². The molecule has 1 N–H and O–H groups in total. The Bertz CT molecular complexity index is 696. The highest BCUT2D eigenvalue weighted by Gasteiger charge is 2.19. The van der Waals surface area contributed by atoms with Crippen LogP contribution in [0.1, 0.15) is 10.4 Å². The van der Waals surface area contributed by atoms with Crippen LogP contribution in [0.25, 0.3) is 0 Å². The Morgan fingerprint density at radius 3 is 2.95 bits per heavy atom. The van der Waals surface area contributed by atoms with Gasteiger partial charge in [-0.3, -0.25) is 9.79 Å². The van der Waals surface area contributed by atoms with E-state index in [1.54, 1.807) is 23.5 Å². The molecule has 0 spiro atoms. The van der Waals surface area contributed by atoms with Gasteiger partial charge in [0.25, 0.3) is 0 Å². The lowest BCUT2D eigenvalue weighted by atomic mass is 10.1. The second-order valence-electron chi connectivity index (χ2n) is 4.03. The first kappa shape index (κ1) is 12.8. The molecule has 0 aliphatic carbocycles. The number of nitrogens with one attached hydrogen (secondary N) is 1. The van der Waals surface area contributed by atoms with E-state index in [1.165, 1.54) is 0 Å². The Balaban J connectivity index is 2.19. The van der Waals surface area contributed by atoms with Crippen LogP contribution in [0.5, 0.6) is 0 Å². The molecule has 96 valence electrons. The number of hydrogen-bond donors (Lipinski definition) is 1. The summed E-state index contributed by atoms with van der Waals surface area (Å²) in [5, 5.41) is 5.45. The normalized spacial score (nSPS) is 14.4. The van der Waals surface area contributed by atoms with E-state index >= 15 is 0 Å².